The maximum atomic E-state index is 12.4. The van der Waals surface area contributed by atoms with E-state index >= 15 is 0 Å². The number of aliphatic hydroxyl groups is 2. The molecule has 20 rings (SSSR count). The Morgan fingerprint density at radius 2 is 0.673 bits per heavy atom. The summed E-state index contributed by atoms with van der Waals surface area (Å²) in [6.45, 7) is 28.3. The lowest BCUT2D eigenvalue weighted by Crippen LogP contribution is -2.54. The highest BCUT2D eigenvalue weighted by molar-refractivity contribution is 5.87. The second-order valence-corrected chi connectivity index (χ2v) is 46.4. The Morgan fingerprint density at radius 1 is 0.346 bits per heavy atom. The smallest absolute Gasteiger partial charge is 0.139 e. The molecule has 0 heterocycles. The van der Waals surface area contributed by atoms with Gasteiger partial charge in [0.15, 0.2) is 0 Å². The van der Waals surface area contributed by atoms with E-state index in [0.717, 1.165) is 192 Å². The van der Waals surface area contributed by atoms with Crippen molar-refractivity contribution in [3.63, 3.8) is 0 Å². The first kappa shape index (κ1) is 78.4. The number of ketones is 1. The van der Waals surface area contributed by atoms with E-state index in [0.29, 0.717) is 50.2 Å². The average Bonchev–Trinajstić information content (AvgIpc) is 1.38. The minimum absolute atomic E-state index is 0. The van der Waals surface area contributed by atoms with Crippen LogP contribution in [0.25, 0.3) is 10.4 Å². The van der Waals surface area contributed by atoms with Crippen molar-refractivity contribution in [2.45, 2.75) is 415 Å². The quantitative estimate of drug-likeness (QED) is 0.137. The Hall–Kier alpha value is -0.850. The lowest BCUT2D eigenvalue weighted by Gasteiger charge is -2.60. The first-order chi connectivity index (χ1) is 49.1. The van der Waals surface area contributed by atoms with Crippen molar-refractivity contribution in [3.8, 4) is 0 Å². The number of azide groups is 1. The van der Waals surface area contributed by atoms with Gasteiger partial charge in [-0.2, -0.15) is 0 Å². The predicted octanol–water partition coefficient (Wildman–Crippen LogP) is 26.1. The van der Waals surface area contributed by atoms with Crippen molar-refractivity contribution >= 4 is 18.2 Å². The predicted molar refractivity (Wildman–Crippen MR) is 431 cm³/mol. The fraction of sp³-hybridized carbons (Fsp3) is 0.990. The summed E-state index contributed by atoms with van der Waals surface area (Å²) in [5.74, 6) is 20.6. The Morgan fingerprint density at radius 3 is 1.07 bits per heavy atom. The Labute approximate surface area is 644 Å². The Bertz CT molecular complexity index is 2880. The van der Waals surface area contributed by atoms with E-state index in [1.165, 1.54) is 212 Å². The van der Waals surface area contributed by atoms with Gasteiger partial charge in [-0.15, -0.1) is 12.4 Å². The minimum atomic E-state index is -0.0541. The van der Waals surface area contributed by atoms with Crippen LogP contribution in [-0.2, 0) is 4.79 Å². The highest BCUT2D eigenvalue weighted by Gasteiger charge is 2.65. The zero-order chi connectivity index (χ0) is 72.1. The van der Waals surface area contributed by atoms with Gasteiger partial charge in [-0.25, -0.2) is 0 Å². The molecule has 20 aliphatic carbocycles. The average molecular weight is 1450 g/mol. The molecule has 8 heteroatoms. The number of aliphatic hydroxyl groups excluding tert-OH is 2. The summed E-state index contributed by atoms with van der Waals surface area (Å²) < 4.78 is 0. The molecular formula is C96H161ClN4O3. The third-order valence-corrected chi connectivity index (χ3v) is 42.6. The highest BCUT2D eigenvalue weighted by atomic mass is 35.5. The largest absolute Gasteiger partial charge is 0.393 e. The third-order valence-electron chi connectivity index (χ3n) is 42.6. The summed E-state index contributed by atoms with van der Waals surface area (Å²) in [5, 5.41) is 24.1. The van der Waals surface area contributed by atoms with Crippen LogP contribution in [0.3, 0.4) is 0 Å². The molecule has 0 radical (unpaired) electrons. The molecule has 4 N–H and O–H groups in total. The van der Waals surface area contributed by atoms with Gasteiger partial charge in [0.05, 0.1) is 12.2 Å². The van der Waals surface area contributed by atoms with E-state index in [4.69, 9.17) is 11.3 Å². The van der Waals surface area contributed by atoms with E-state index in [9.17, 15) is 15.0 Å². The molecule has 0 amide bonds. The Balaban J connectivity index is 0.000000104. The van der Waals surface area contributed by atoms with Gasteiger partial charge in [-0.3, -0.25) is 4.79 Å². The van der Waals surface area contributed by atoms with Crippen LogP contribution in [0.5, 0.6) is 0 Å². The van der Waals surface area contributed by atoms with Gasteiger partial charge in [0.25, 0.3) is 0 Å². The summed E-state index contributed by atoms with van der Waals surface area (Å²) in [7, 11) is 0. The topological polar surface area (TPSA) is 132 Å². The van der Waals surface area contributed by atoms with E-state index in [1.807, 2.05) is 0 Å². The monoisotopic (exact) mass is 1450 g/mol. The van der Waals surface area contributed by atoms with Gasteiger partial charge in [-0.05, 0) is 455 Å². The van der Waals surface area contributed by atoms with Gasteiger partial charge in [-0.1, -0.05) is 113 Å². The maximum Gasteiger partial charge on any atom is 0.139 e. The fourth-order valence-corrected chi connectivity index (χ4v) is 36.4. The molecule has 20 fully saturated rings. The van der Waals surface area contributed by atoms with Crippen LogP contribution in [0.2, 0.25) is 0 Å². The molecule has 0 saturated heterocycles. The van der Waals surface area contributed by atoms with Crippen LogP contribution in [0.1, 0.15) is 391 Å². The molecule has 590 valence electrons. The number of Topliss-reactive ketones (excluding diaryl/α,β-unsaturated/α-hetero) is 1. The molecule has 7 nitrogen and oxygen atoms in total. The molecule has 0 bridgehead atoms. The van der Waals surface area contributed by atoms with Gasteiger partial charge < -0.3 is 15.9 Å². The standard InChI is InChI=1S/C20H34.C19H31N3.C19H33N.C19H30O2.C19H32O.ClH/c1-14-8-12-20(3)15(13-14)6-7-16-17-5-4-10-19(17,2)11-9-18(16)20;1-18-9-3-4-16(18)15-6-5-13-12-14(21-22-20)7-11-19(13,2)17(15)8-10-18;1-18-9-3-4-16(18)15-6-5-13-12-14(20)7-11-19(13,2)17(15)8-10-18;1-18-9-7-13(20)11-12(18)3-4-14-15-5-6-17(21)19(15,2)10-8-16(14)18;1-18-9-3-4-16(18)15-6-5-13-12-14(20)7-11-19(13,2)17(15)8-10-18;/h14-18H,4-13H2,1-3H3;13-17H,3-12H2,1-2H3;13-17H,3-12,20H2,1-2H3;12-16,20H,3-11H2,1-2H3;13-17,20H,3-12H2,1-2H3;1H/t14-,15+,16+,17+,18+,19+,20+;2*13-,14+,15-,16-,17-,18-,19-;12-,13-,14-,15-,16-,18-,19-;13-,14-,15-,16-,17-,18-,19-;/m10000./s1. The molecule has 0 spiro atoms. The molecule has 0 unspecified atom stereocenters. The number of carbonyl (C=O) groups excluding carboxylic acids is 1. The van der Waals surface area contributed by atoms with Crippen LogP contribution < -0.4 is 5.73 Å². The highest BCUT2D eigenvalue weighted by Crippen LogP contribution is 2.73. The molecule has 0 aliphatic heterocycles. The van der Waals surface area contributed by atoms with Gasteiger partial charge >= 0.3 is 0 Å². The van der Waals surface area contributed by atoms with E-state index in [-0.39, 0.29) is 36.1 Å². The fourth-order valence-electron chi connectivity index (χ4n) is 36.4. The van der Waals surface area contributed by atoms with Crippen molar-refractivity contribution in [2.75, 3.05) is 0 Å². The first-order valence-corrected chi connectivity index (χ1v) is 46.8. The van der Waals surface area contributed by atoms with Crippen LogP contribution >= 0.6 is 12.4 Å². The number of hydrogen-bond donors (Lipinski definition) is 3. The van der Waals surface area contributed by atoms with E-state index < -0.39 is 0 Å². The third kappa shape index (κ3) is 13.3. The first-order valence-electron chi connectivity index (χ1n) is 46.8. The van der Waals surface area contributed by atoms with Crippen molar-refractivity contribution in [1.82, 2.24) is 0 Å². The zero-order valence-electron chi connectivity index (χ0n) is 69.2. The van der Waals surface area contributed by atoms with Gasteiger partial charge in [0.1, 0.15) is 5.78 Å². The second-order valence-electron chi connectivity index (χ2n) is 46.4. The molecular weight excluding hydrogens is 1290 g/mol. The minimum Gasteiger partial charge on any atom is -0.393 e. The van der Waals surface area contributed by atoms with E-state index in [1.54, 1.807) is 44.9 Å². The van der Waals surface area contributed by atoms with Crippen molar-refractivity contribution in [2.24, 2.45) is 189 Å². The van der Waals surface area contributed by atoms with E-state index in [2.05, 4.69) is 86.2 Å². The number of carbonyl (C=O) groups is 1. The number of nitrogens with two attached hydrogens (primary N) is 1. The molecule has 20 saturated carbocycles. The maximum absolute atomic E-state index is 12.4. The SMILES string of the molecule is C[C@@H]1CC[C@@]2(C)[C@@H](CC[C@H]3[C@@H]4CCC[C@@]4(C)CC[C@@H]32)C1.C[C@@]12CCC[C@H]1[C@@H]1CC[C@H]3C[C@@H](O)CC[C@]3(C)[C@H]1CC2.C[C@@]12CCC[C@H]1[C@@H]1CC[C@H]3C[C@H](N)CC[C@]3(C)[C@H]1CC2.C[C@@]12CCC[C@H]1[C@@H]1CC[C@H]3C[C@H](N=[N+]=[N-])CC[C@]3(C)[C@H]1CC2.C[C@]12CC[C@H](O)C[C@@H]1CC[C@@H]1[C@@H]2CC[C@]2(C)C(=O)CC[C@@H]12.Cl. The summed E-state index contributed by atoms with van der Waals surface area (Å²) in [6, 6.07) is 0.782. The van der Waals surface area contributed by atoms with Crippen LogP contribution in [0.15, 0.2) is 5.11 Å². The number of fused-ring (bicyclic) bond motifs is 25. The molecule has 0 aromatic carbocycles. The van der Waals surface area contributed by atoms with Crippen molar-refractivity contribution in [3.05, 3.63) is 10.4 Å². The second kappa shape index (κ2) is 29.5. The summed E-state index contributed by atoms with van der Waals surface area (Å²) in [6.07, 6.45) is 68.0. The normalized spacial score (nSPS) is 56.6. The summed E-state index contributed by atoms with van der Waals surface area (Å²) in [4.78, 5) is 15.5. The van der Waals surface area contributed by atoms with Crippen molar-refractivity contribution in [1.29, 1.82) is 0 Å². The lowest BCUT2D eigenvalue weighted by atomic mass is 9.45. The Kier molecular flexibility index (Phi) is 22.3. The molecule has 104 heavy (non-hydrogen) atoms. The van der Waals surface area contributed by atoms with Crippen LogP contribution in [-0.4, -0.2) is 40.3 Å². The molecule has 35 atom stereocenters. The van der Waals surface area contributed by atoms with Gasteiger partial charge in [0, 0.05) is 28.8 Å². The zero-order valence-corrected chi connectivity index (χ0v) is 70.0. The number of nitrogens with zero attached hydrogens (tertiary/aromatic N) is 3. The molecule has 0 aromatic heterocycles. The van der Waals surface area contributed by atoms with Crippen molar-refractivity contribution < 1.29 is 15.0 Å². The lowest BCUT2D eigenvalue weighted by molar-refractivity contribution is -0.142. The van der Waals surface area contributed by atoms with Gasteiger partial charge in [0.2, 0.25) is 0 Å². The van der Waals surface area contributed by atoms with Crippen LogP contribution in [0, 0.1) is 178 Å². The number of rotatable bonds is 1. The number of hydrogen-bond acceptors (Lipinski definition) is 5. The number of halogens is 1. The summed E-state index contributed by atoms with van der Waals surface area (Å²) in [5.41, 5.74) is 20.8. The van der Waals surface area contributed by atoms with Crippen LogP contribution in [0.4, 0.5) is 0 Å². The molecule has 0 aromatic rings. The molecule has 20 aliphatic rings. The summed E-state index contributed by atoms with van der Waals surface area (Å²) >= 11 is 0.